The van der Waals surface area contributed by atoms with E-state index in [1.165, 1.54) is 11.3 Å². The maximum Gasteiger partial charge on any atom is 0.150 e. The van der Waals surface area contributed by atoms with Gasteiger partial charge in [0.2, 0.25) is 0 Å². The van der Waals surface area contributed by atoms with Crippen molar-refractivity contribution in [1.82, 2.24) is 0 Å². The Morgan fingerprint density at radius 2 is 2.25 bits per heavy atom. The van der Waals surface area contributed by atoms with E-state index in [1.807, 2.05) is 11.4 Å². The van der Waals surface area contributed by atoms with Gasteiger partial charge in [-0.1, -0.05) is 6.92 Å². The lowest BCUT2D eigenvalue weighted by Gasteiger charge is -2.09. The first-order valence-corrected chi connectivity index (χ1v) is 8.57. The van der Waals surface area contributed by atoms with Gasteiger partial charge in [0, 0.05) is 15.1 Å². The summed E-state index contributed by atoms with van der Waals surface area (Å²) in [6, 6.07) is 1.88. The van der Waals surface area contributed by atoms with Gasteiger partial charge in [-0.15, -0.1) is 11.3 Å². The average molecular weight is 327 g/mol. The minimum atomic E-state index is -2.91. The Labute approximate surface area is 109 Å². The topological polar surface area (TPSA) is 54.4 Å². The predicted octanol–water partition coefficient (Wildman–Crippen LogP) is 2.76. The molecule has 1 rings (SSSR count). The Balaban J connectivity index is 2.43. The van der Waals surface area contributed by atoms with E-state index in [0.29, 0.717) is 12.8 Å². The van der Waals surface area contributed by atoms with Crippen LogP contribution < -0.4 is 0 Å². The molecule has 1 unspecified atom stereocenters. The molecule has 1 aromatic heterocycles. The maximum atomic E-state index is 11.2. The summed E-state index contributed by atoms with van der Waals surface area (Å²) < 4.78 is 23.4. The molecule has 0 aliphatic heterocycles. The molecule has 0 radical (unpaired) electrons. The molecule has 0 aliphatic rings. The quantitative estimate of drug-likeness (QED) is 0.874. The molecule has 0 saturated carbocycles. The van der Waals surface area contributed by atoms with Crippen molar-refractivity contribution in [3.05, 3.63) is 20.8 Å². The van der Waals surface area contributed by atoms with Gasteiger partial charge in [-0.3, -0.25) is 0 Å². The molecule has 0 bridgehead atoms. The lowest BCUT2D eigenvalue weighted by atomic mass is 10.2. The van der Waals surface area contributed by atoms with Crippen molar-refractivity contribution < 1.29 is 13.5 Å². The Hall–Kier alpha value is 0.0900. The molecule has 1 N–H and O–H groups in total. The fraction of sp³-hybridized carbons (Fsp3) is 0.600. The summed E-state index contributed by atoms with van der Waals surface area (Å²) in [5.74, 6) is 0.329. The number of hydrogen-bond donors (Lipinski definition) is 1. The molecule has 0 amide bonds. The summed E-state index contributed by atoms with van der Waals surface area (Å²) >= 11 is 4.82. The van der Waals surface area contributed by atoms with Crippen LogP contribution >= 0.6 is 27.3 Å². The second-order valence-corrected chi connectivity index (χ2v) is 7.80. The van der Waals surface area contributed by atoms with E-state index >= 15 is 0 Å². The molecule has 0 spiro atoms. The Morgan fingerprint density at radius 1 is 1.56 bits per heavy atom. The van der Waals surface area contributed by atoms with Gasteiger partial charge in [-0.25, -0.2) is 8.42 Å². The molecule has 0 aromatic carbocycles. The number of halogens is 1. The summed E-state index contributed by atoms with van der Waals surface area (Å²) in [5.41, 5.74) is 0. The smallest absolute Gasteiger partial charge is 0.150 e. The van der Waals surface area contributed by atoms with Gasteiger partial charge in [-0.05, 0) is 40.2 Å². The minimum Gasteiger partial charge on any atom is -0.388 e. The van der Waals surface area contributed by atoms with Gasteiger partial charge in [0.05, 0.1) is 11.9 Å². The SMILES string of the molecule is CCS(=O)(=O)CCCC(O)c1sccc1Br. The molecular formula is C10H15BrO3S2. The summed E-state index contributed by atoms with van der Waals surface area (Å²) in [4.78, 5) is 0.869. The van der Waals surface area contributed by atoms with Crippen LogP contribution in [-0.2, 0) is 9.84 Å². The predicted molar refractivity (Wildman–Crippen MR) is 70.5 cm³/mol. The van der Waals surface area contributed by atoms with Crippen molar-refractivity contribution in [2.24, 2.45) is 0 Å². The van der Waals surface area contributed by atoms with Crippen LogP contribution in [0, 0.1) is 0 Å². The van der Waals surface area contributed by atoms with Crippen LogP contribution in [0.25, 0.3) is 0 Å². The minimum absolute atomic E-state index is 0.156. The van der Waals surface area contributed by atoms with Gasteiger partial charge in [0.25, 0.3) is 0 Å². The standard InChI is InChI=1S/C10H15BrO3S2/c1-2-16(13,14)7-3-4-9(12)10-8(11)5-6-15-10/h5-6,9,12H,2-4,7H2,1H3. The number of thiophene rings is 1. The number of rotatable bonds is 6. The van der Waals surface area contributed by atoms with E-state index in [0.717, 1.165) is 9.35 Å². The van der Waals surface area contributed by atoms with E-state index in [4.69, 9.17) is 0 Å². The van der Waals surface area contributed by atoms with Crippen LogP contribution in [-0.4, -0.2) is 25.0 Å². The first-order chi connectivity index (χ1) is 7.46. The van der Waals surface area contributed by atoms with E-state index in [-0.39, 0.29) is 11.5 Å². The number of aliphatic hydroxyl groups excluding tert-OH is 1. The highest BCUT2D eigenvalue weighted by Gasteiger charge is 2.14. The average Bonchev–Trinajstić information content (AvgIpc) is 2.64. The monoisotopic (exact) mass is 326 g/mol. The Morgan fingerprint density at radius 3 is 2.75 bits per heavy atom. The van der Waals surface area contributed by atoms with E-state index in [1.54, 1.807) is 6.92 Å². The van der Waals surface area contributed by atoms with Crippen molar-refractivity contribution in [1.29, 1.82) is 0 Å². The molecule has 6 heteroatoms. The molecule has 3 nitrogen and oxygen atoms in total. The zero-order valence-corrected chi connectivity index (χ0v) is 12.2. The third kappa shape index (κ3) is 4.16. The zero-order valence-electron chi connectivity index (χ0n) is 9.02. The van der Waals surface area contributed by atoms with Crippen LogP contribution in [0.5, 0.6) is 0 Å². The van der Waals surface area contributed by atoms with E-state index < -0.39 is 15.9 Å². The summed E-state index contributed by atoms with van der Waals surface area (Å²) in [6.07, 6.45) is 0.418. The van der Waals surface area contributed by atoms with Crippen molar-refractivity contribution in [3.63, 3.8) is 0 Å². The third-order valence-electron chi connectivity index (χ3n) is 2.32. The molecular weight excluding hydrogens is 312 g/mol. The molecule has 0 saturated heterocycles. The van der Waals surface area contributed by atoms with Gasteiger partial charge in [0.1, 0.15) is 9.84 Å². The Bertz CT molecular complexity index is 425. The highest BCUT2D eigenvalue weighted by atomic mass is 79.9. The molecule has 1 atom stereocenters. The number of sulfone groups is 1. The molecule has 0 aliphatic carbocycles. The van der Waals surface area contributed by atoms with Crippen molar-refractivity contribution in [2.45, 2.75) is 25.9 Å². The van der Waals surface area contributed by atoms with E-state index in [2.05, 4.69) is 15.9 Å². The highest BCUT2D eigenvalue weighted by molar-refractivity contribution is 9.10. The number of aliphatic hydroxyl groups is 1. The largest absolute Gasteiger partial charge is 0.388 e. The fourth-order valence-electron chi connectivity index (χ4n) is 1.32. The molecule has 1 aromatic rings. The number of hydrogen-bond acceptors (Lipinski definition) is 4. The molecule has 0 fully saturated rings. The normalized spacial score (nSPS) is 13.9. The van der Waals surface area contributed by atoms with Crippen molar-refractivity contribution in [2.75, 3.05) is 11.5 Å². The first kappa shape index (κ1) is 14.2. The fourth-order valence-corrected chi connectivity index (χ4v) is 3.87. The molecule has 92 valence electrons. The van der Waals surface area contributed by atoms with Gasteiger partial charge < -0.3 is 5.11 Å². The van der Waals surface area contributed by atoms with Crippen LogP contribution in [0.3, 0.4) is 0 Å². The van der Waals surface area contributed by atoms with Gasteiger partial charge in [0.15, 0.2) is 0 Å². The second-order valence-electron chi connectivity index (χ2n) is 3.53. The Kier molecular flexibility index (Phi) is 5.43. The molecule has 16 heavy (non-hydrogen) atoms. The van der Waals surface area contributed by atoms with Crippen molar-refractivity contribution in [3.8, 4) is 0 Å². The second kappa shape index (κ2) is 6.14. The van der Waals surface area contributed by atoms with Crippen LogP contribution in [0.4, 0.5) is 0 Å². The summed E-state index contributed by atoms with van der Waals surface area (Å²) in [6.45, 7) is 1.64. The first-order valence-electron chi connectivity index (χ1n) is 5.07. The summed E-state index contributed by atoms with van der Waals surface area (Å²) in [7, 11) is -2.91. The van der Waals surface area contributed by atoms with Crippen LogP contribution in [0.2, 0.25) is 0 Å². The lowest BCUT2D eigenvalue weighted by molar-refractivity contribution is 0.170. The highest BCUT2D eigenvalue weighted by Crippen LogP contribution is 2.31. The maximum absolute atomic E-state index is 11.2. The van der Waals surface area contributed by atoms with E-state index in [9.17, 15) is 13.5 Å². The van der Waals surface area contributed by atoms with Gasteiger partial charge >= 0.3 is 0 Å². The van der Waals surface area contributed by atoms with Crippen molar-refractivity contribution >= 4 is 37.1 Å². The van der Waals surface area contributed by atoms with Crippen LogP contribution in [0.1, 0.15) is 30.7 Å². The third-order valence-corrected chi connectivity index (χ3v) is 6.08. The van der Waals surface area contributed by atoms with Gasteiger partial charge in [-0.2, -0.15) is 0 Å². The molecule has 1 heterocycles. The lowest BCUT2D eigenvalue weighted by Crippen LogP contribution is -2.09. The van der Waals surface area contributed by atoms with Crippen LogP contribution in [0.15, 0.2) is 15.9 Å². The summed E-state index contributed by atoms with van der Waals surface area (Å²) in [5, 5.41) is 11.7. The zero-order chi connectivity index (χ0) is 12.2.